The Morgan fingerprint density at radius 3 is 3.07 bits per heavy atom. The lowest BCUT2D eigenvalue weighted by Crippen LogP contribution is -2.25. The molecule has 0 radical (unpaired) electrons. The van der Waals surface area contributed by atoms with E-state index >= 15 is 0 Å². The summed E-state index contributed by atoms with van der Waals surface area (Å²) in [5, 5.41) is 2.69. The number of anilines is 1. The van der Waals surface area contributed by atoms with Crippen molar-refractivity contribution in [2.45, 2.75) is 0 Å². The van der Waals surface area contributed by atoms with Crippen LogP contribution in [0.2, 0.25) is 0 Å². The fraction of sp³-hybridized carbons (Fsp3) is 0.111. The lowest BCUT2D eigenvalue weighted by molar-refractivity contribution is 0.638. The first-order valence-corrected chi connectivity index (χ1v) is 4.33. The molecule has 0 aromatic carbocycles. The van der Waals surface area contributed by atoms with Crippen molar-refractivity contribution in [2.75, 3.05) is 12.3 Å². The summed E-state index contributed by atoms with van der Waals surface area (Å²) >= 11 is 0. The maximum absolute atomic E-state index is 13.3. The molecule has 15 heavy (non-hydrogen) atoms. The van der Waals surface area contributed by atoms with Gasteiger partial charge in [-0.3, -0.25) is 4.57 Å². The Kier molecular flexibility index (Phi) is 2.24. The fourth-order valence-electron chi connectivity index (χ4n) is 1.29. The number of allylic oxidation sites excluding steroid dienone is 2. The lowest BCUT2D eigenvalue weighted by Gasteiger charge is -2.12. The summed E-state index contributed by atoms with van der Waals surface area (Å²) in [5.41, 5.74) is 4.92. The average Bonchev–Trinajstić information content (AvgIpc) is 2.20. The van der Waals surface area contributed by atoms with E-state index in [4.69, 9.17) is 5.73 Å². The molecule has 0 aliphatic carbocycles. The summed E-state index contributed by atoms with van der Waals surface area (Å²) in [6.45, 7) is 0.472. The second kappa shape index (κ2) is 3.56. The van der Waals surface area contributed by atoms with E-state index in [0.29, 0.717) is 6.54 Å². The smallest absolute Gasteiger partial charge is 0.354 e. The Labute approximate surface area is 84.7 Å². The zero-order valence-corrected chi connectivity index (χ0v) is 7.77. The Balaban J connectivity index is 2.51. The van der Waals surface area contributed by atoms with Gasteiger partial charge in [0.1, 0.15) is 5.82 Å². The molecule has 1 aliphatic heterocycles. The summed E-state index contributed by atoms with van der Waals surface area (Å²) in [7, 11) is 0. The van der Waals surface area contributed by atoms with E-state index < -0.39 is 11.5 Å². The van der Waals surface area contributed by atoms with Crippen LogP contribution in [-0.4, -0.2) is 16.1 Å². The van der Waals surface area contributed by atoms with Crippen molar-refractivity contribution in [1.82, 2.24) is 14.9 Å². The predicted octanol–water partition coefficient (Wildman–Crippen LogP) is 0.0805. The summed E-state index contributed by atoms with van der Waals surface area (Å²) in [5.74, 6) is -0.384. The van der Waals surface area contributed by atoms with Gasteiger partial charge in [-0.25, -0.2) is 9.18 Å². The van der Waals surface area contributed by atoms with E-state index in [1.165, 1.54) is 18.5 Å². The molecule has 78 valence electrons. The van der Waals surface area contributed by atoms with Gasteiger partial charge in [-0.05, 0) is 12.1 Å². The van der Waals surface area contributed by atoms with Crippen molar-refractivity contribution in [3.63, 3.8) is 0 Å². The number of halogens is 1. The van der Waals surface area contributed by atoms with Crippen LogP contribution in [0.5, 0.6) is 0 Å². The van der Waals surface area contributed by atoms with E-state index in [9.17, 15) is 9.18 Å². The molecule has 6 heteroatoms. The molecule has 3 N–H and O–H groups in total. The molecule has 0 fully saturated rings. The maximum atomic E-state index is 13.3. The van der Waals surface area contributed by atoms with Crippen LogP contribution in [0.3, 0.4) is 0 Å². The molecule has 0 saturated heterocycles. The number of dihydropyridines is 1. The van der Waals surface area contributed by atoms with Crippen molar-refractivity contribution >= 4 is 11.5 Å². The second-order valence-electron chi connectivity index (χ2n) is 2.99. The number of nitrogen functional groups attached to an aromatic ring is 1. The van der Waals surface area contributed by atoms with E-state index in [2.05, 4.69) is 10.3 Å². The van der Waals surface area contributed by atoms with Gasteiger partial charge in [0.05, 0.1) is 5.70 Å². The van der Waals surface area contributed by atoms with Crippen LogP contribution in [0.25, 0.3) is 5.70 Å². The molecule has 1 aromatic rings. The van der Waals surface area contributed by atoms with Crippen LogP contribution in [0, 0.1) is 0 Å². The third kappa shape index (κ3) is 1.74. The first-order chi connectivity index (χ1) is 7.18. The standard InChI is InChI=1S/C9H9FN4O/c10-6-5-12-3-1-7(6)14-4-2-8(11)13-9(14)15/h1-2,4-5,12H,3H2,(H2,11,13,15). The number of nitrogens with zero attached hydrogens (tertiary/aromatic N) is 2. The van der Waals surface area contributed by atoms with Crippen molar-refractivity contribution < 1.29 is 4.39 Å². The predicted molar refractivity (Wildman–Crippen MR) is 54.4 cm³/mol. The molecule has 0 spiro atoms. The van der Waals surface area contributed by atoms with E-state index in [1.807, 2.05) is 0 Å². The third-order valence-electron chi connectivity index (χ3n) is 1.97. The van der Waals surface area contributed by atoms with E-state index in [-0.39, 0.29) is 11.5 Å². The molecular formula is C9H9FN4O. The largest absolute Gasteiger partial charge is 0.385 e. The van der Waals surface area contributed by atoms with Gasteiger partial charge in [0, 0.05) is 18.9 Å². The number of hydrogen-bond donors (Lipinski definition) is 2. The molecule has 0 atom stereocenters. The van der Waals surface area contributed by atoms with Gasteiger partial charge in [0.15, 0.2) is 5.83 Å². The topological polar surface area (TPSA) is 72.9 Å². The highest BCUT2D eigenvalue weighted by atomic mass is 19.1. The van der Waals surface area contributed by atoms with Crippen LogP contribution in [0.15, 0.2) is 35.2 Å². The van der Waals surface area contributed by atoms with Gasteiger partial charge < -0.3 is 11.1 Å². The highest BCUT2D eigenvalue weighted by Gasteiger charge is 2.11. The fourth-order valence-corrected chi connectivity index (χ4v) is 1.29. The molecule has 5 nitrogen and oxygen atoms in total. The average molecular weight is 208 g/mol. The Hall–Kier alpha value is -2.11. The normalized spacial score (nSPS) is 15.3. The number of rotatable bonds is 1. The molecular weight excluding hydrogens is 199 g/mol. The van der Waals surface area contributed by atoms with Gasteiger partial charge in [-0.15, -0.1) is 0 Å². The first kappa shape index (κ1) is 9.45. The highest BCUT2D eigenvalue weighted by molar-refractivity contribution is 5.62. The number of nitrogens with two attached hydrogens (primary N) is 1. The summed E-state index contributed by atoms with van der Waals surface area (Å²) < 4.78 is 14.4. The van der Waals surface area contributed by atoms with Gasteiger partial charge in [-0.1, -0.05) is 0 Å². The highest BCUT2D eigenvalue weighted by Crippen LogP contribution is 2.16. The number of aromatic nitrogens is 2. The molecule has 0 saturated carbocycles. The van der Waals surface area contributed by atoms with Gasteiger partial charge in [-0.2, -0.15) is 4.98 Å². The summed E-state index contributed by atoms with van der Waals surface area (Å²) in [6, 6.07) is 1.44. The monoisotopic (exact) mass is 208 g/mol. The minimum atomic E-state index is -0.591. The molecule has 2 rings (SSSR count). The van der Waals surface area contributed by atoms with Crippen molar-refractivity contribution in [3.05, 3.63) is 40.9 Å². The van der Waals surface area contributed by atoms with Crippen LogP contribution >= 0.6 is 0 Å². The zero-order chi connectivity index (χ0) is 10.8. The quantitative estimate of drug-likeness (QED) is 0.685. The van der Waals surface area contributed by atoms with Gasteiger partial charge in [0.25, 0.3) is 0 Å². The molecule has 0 bridgehead atoms. The summed E-state index contributed by atoms with van der Waals surface area (Å²) in [4.78, 5) is 14.9. The number of nitrogens with one attached hydrogen (secondary N) is 1. The van der Waals surface area contributed by atoms with Crippen molar-refractivity contribution in [1.29, 1.82) is 0 Å². The molecule has 2 heterocycles. The third-order valence-corrected chi connectivity index (χ3v) is 1.97. The molecule has 0 amide bonds. The van der Waals surface area contributed by atoms with Gasteiger partial charge >= 0.3 is 5.69 Å². The lowest BCUT2D eigenvalue weighted by atomic mass is 10.3. The van der Waals surface area contributed by atoms with Crippen LogP contribution < -0.4 is 16.7 Å². The van der Waals surface area contributed by atoms with Crippen LogP contribution in [0.4, 0.5) is 10.2 Å². The van der Waals surface area contributed by atoms with Crippen LogP contribution in [0.1, 0.15) is 0 Å². The van der Waals surface area contributed by atoms with Crippen LogP contribution in [-0.2, 0) is 0 Å². The SMILES string of the molecule is Nc1ccn(C2=CCNC=C2F)c(=O)n1. The van der Waals surface area contributed by atoms with Crippen molar-refractivity contribution in [3.8, 4) is 0 Å². The number of hydrogen-bond acceptors (Lipinski definition) is 4. The Bertz CT molecular complexity index is 503. The first-order valence-electron chi connectivity index (χ1n) is 4.33. The Morgan fingerprint density at radius 2 is 2.40 bits per heavy atom. The Morgan fingerprint density at radius 1 is 1.60 bits per heavy atom. The van der Waals surface area contributed by atoms with Gasteiger partial charge in [0.2, 0.25) is 0 Å². The van der Waals surface area contributed by atoms with E-state index in [0.717, 1.165) is 4.57 Å². The molecule has 1 aliphatic rings. The minimum absolute atomic E-state index is 0.121. The van der Waals surface area contributed by atoms with Crippen molar-refractivity contribution in [2.24, 2.45) is 0 Å². The minimum Gasteiger partial charge on any atom is -0.385 e. The molecule has 1 aromatic heterocycles. The molecule has 0 unspecified atom stereocenters. The maximum Gasteiger partial charge on any atom is 0.354 e. The zero-order valence-electron chi connectivity index (χ0n) is 7.77. The second-order valence-corrected chi connectivity index (χ2v) is 2.99. The summed E-state index contributed by atoms with van der Waals surface area (Å²) in [6.07, 6.45) is 4.17. The van der Waals surface area contributed by atoms with E-state index in [1.54, 1.807) is 6.08 Å².